The maximum atomic E-state index is 9.53. The van der Waals surface area contributed by atoms with E-state index in [0.29, 0.717) is 6.61 Å². The Balaban J connectivity index is 2.10. The van der Waals surface area contributed by atoms with Crippen molar-refractivity contribution in [3.05, 3.63) is 46.8 Å². The molecule has 4 nitrogen and oxygen atoms in total. The highest BCUT2D eigenvalue weighted by Crippen LogP contribution is 2.23. The largest absolute Gasteiger partial charge is 0.487 e. The second-order valence-corrected chi connectivity index (χ2v) is 4.89. The average Bonchev–Trinajstić information content (AvgIpc) is 2.66. The Bertz CT molecular complexity index is 574. The molecule has 0 aliphatic carbocycles. The molecule has 1 aromatic heterocycles. The maximum absolute atomic E-state index is 9.53. The highest BCUT2D eigenvalue weighted by atomic mass is 16.5. The van der Waals surface area contributed by atoms with Gasteiger partial charge in [-0.05, 0) is 50.1 Å². The van der Waals surface area contributed by atoms with Crippen LogP contribution < -0.4 is 4.74 Å². The molecule has 0 radical (unpaired) electrons. The summed E-state index contributed by atoms with van der Waals surface area (Å²) in [6, 6.07) is 7.76. The van der Waals surface area contributed by atoms with Crippen LogP contribution >= 0.6 is 0 Å². The van der Waals surface area contributed by atoms with E-state index in [-0.39, 0.29) is 0 Å². The standard InChI is InChI=1S/C15H20N2O2/c1-10-7-13(12(3)18)5-6-15(10)19-9-14-8-11(2)16-17(14)4/h5-8,12,18H,9H2,1-4H3. The van der Waals surface area contributed by atoms with Crippen molar-refractivity contribution in [1.29, 1.82) is 0 Å². The molecule has 0 saturated carbocycles. The molecular weight excluding hydrogens is 240 g/mol. The predicted octanol–water partition coefficient (Wildman–Crippen LogP) is 2.67. The summed E-state index contributed by atoms with van der Waals surface area (Å²) in [5.41, 5.74) is 3.96. The van der Waals surface area contributed by atoms with Crippen LogP contribution in [0.2, 0.25) is 0 Å². The average molecular weight is 260 g/mol. The van der Waals surface area contributed by atoms with Crippen molar-refractivity contribution < 1.29 is 9.84 Å². The third kappa shape index (κ3) is 3.15. The lowest BCUT2D eigenvalue weighted by atomic mass is 10.1. The minimum atomic E-state index is -0.451. The van der Waals surface area contributed by atoms with E-state index in [0.717, 1.165) is 28.3 Å². The Morgan fingerprint density at radius 2 is 2.05 bits per heavy atom. The van der Waals surface area contributed by atoms with Gasteiger partial charge in [-0.1, -0.05) is 6.07 Å². The van der Waals surface area contributed by atoms with Gasteiger partial charge in [0.2, 0.25) is 0 Å². The monoisotopic (exact) mass is 260 g/mol. The Labute approximate surface area is 113 Å². The molecule has 2 aromatic rings. The number of ether oxygens (including phenoxy) is 1. The molecule has 1 heterocycles. The van der Waals surface area contributed by atoms with Crippen molar-refractivity contribution in [1.82, 2.24) is 9.78 Å². The summed E-state index contributed by atoms with van der Waals surface area (Å²) in [4.78, 5) is 0. The number of aryl methyl sites for hydroxylation is 3. The number of benzene rings is 1. The second kappa shape index (κ2) is 5.45. The van der Waals surface area contributed by atoms with E-state index in [4.69, 9.17) is 4.74 Å². The van der Waals surface area contributed by atoms with Crippen LogP contribution in [0.4, 0.5) is 0 Å². The molecule has 102 valence electrons. The van der Waals surface area contributed by atoms with Crippen molar-refractivity contribution in [3.8, 4) is 5.75 Å². The summed E-state index contributed by atoms with van der Waals surface area (Å²) in [6.45, 7) is 6.20. The predicted molar refractivity (Wildman–Crippen MR) is 74.1 cm³/mol. The molecule has 2 rings (SSSR count). The molecule has 19 heavy (non-hydrogen) atoms. The first-order valence-electron chi connectivity index (χ1n) is 6.38. The number of rotatable bonds is 4. The fourth-order valence-corrected chi connectivity index (χ4v) is 2.05. The van der Waals surface area contributed by atoms with E-state index in [1.807, 2.05) is 49.8 Å². The van der Waals surface area contributed by atoms with Gasteiger partial charge in [0.1, 0.15) is 12.4 Å². The Hall–Kier alpha value is -1.81. The van der Waals surface area contributed by atoms with E-state index < -0.39 is 6.10 Å². The van der Waals surface area contributed by atoms with Gasteiger partial charge < -0.3 is 9.84 Å². The molecule has 1 atom stereocenters. The minimum absolute atomic E-state index is 0.451. The molecule has 0 aliphatic heterocycles. The number of aromatic nitrogens is 2. The molecule has 0 fully saturated rings. The topological polar surface area (TPSA) is 47.3 Å². The van der Waals surface area contributed by atoms with E-state index in [1.54, 1.807) is 6.92 Å². The first kappa shape index (κ1) is 13.6. The quantitative estimate of drug-likeness (QED) is 0.919. The summed E-state index contributed by atoms with van der Waals surface area (Å²) >= 11 is 0. The van der Waals surface area contributed by atoms with Crippen LogP contribution in [0.5, 0.6) is 5.75 Å². The van der Waals surface area contributed by atoms with Crippen LogP contribution in [0, 0.1) is 13.8 Å². The lowest BCUT2D eigenvalue weighted by Gasteiger charge is -2.12. The molecular formula is C15H20N2O2. The van der Waals surface area contributed by atoms with Crippen molar-refractivity contribution in [2.24, 2.45) is 7.05 Å². The molecule has 0 saturated heterocycles. The van der Waals surface area contributed by atoms with Gasteiger partial charge in [-0.2, -0.15) is 5.10 Å². The van der Waals surface area contributed by atoms with E-state index in [9.17, 15) is 5.11 Å². The molecule has 0 amide bonds. The first-order chi connectivity index (χ1) is 8.97. The van der Waals surface area contributed by atoms with Gasteiger partial charge in [-0.15, -0.1) is 0 Å². The van der Waals surface area contributed by atoms with Gasteiger partial charge in [0.05, 0.1) is 17.5 Å². The van der Waals surface area contributed by atoms with Crippen LogP contribution in [0.3, 0.4) is 0 Å². The molecule has 0 aliphatic rings. The second-order valence-electron chi connectivity index (χ2n) is 4.89. The van der Waals surface area contributed by atoms with Gasteiger partial charge >= 0.3 is 0 Å². The summed E-state index contributed by atoms with van der Waals surface area (Å²) in [5, 5.41) is 13.8. The number of aliphatic hydroxyl groups is 1. The fraction of sp³-hybridized carbons (Fsp3) is 0.400. The third-order valence-corrected chi connectivity index (χ3v) is 3.16. The normalized spacial score (nSPS) is 12.5. The summed E-state index contributed by atoms with van der Waals surface area (Å²) < 4.78 is 7.64. The highest BCUT2D eigenvalue weighted by Gasteiger charge is 2.07. The lowest BCUT2D eigenvalue weighted by Crippen LogP contribution is -2.04. The molecule has 1 unspecified atom stereocenters. The minimum Gasteiger partial charge on any atom is -0.487 e. The molecule has 1 N–H and O–H groups in total. The van der Waals surface area contributed by atoms with Crippen molar-refractivity contribution in [2.75, 3.05) is 0 Å². The van der Waals surface area contributed by atoms with Crippen molar-refractivity contribution in [3.63, 3.8) is 0 Å². The maximum Gasteiger partial charge on any atom is 0.130 e. The Morgan fingerprint density at radius 3 is 2.58 bits per heavy atom. The Kier molecular flexibility index (Phi) is 3.90. The number of aliphatic hydroxyl groups excluding tert-OH is 1. The molecule has 1 aromatic carbocycles. The zero-order valence-electron chi connectivity index (χ0n) is 11.8. The lowest BCUT2D eigenvalue weighted by molar-refractivity contribution is 0.199. The highest BCUT2D eigenvalue weighted by molar-refractivity contribution is 5.37. The molecule has 0 bridgehead atoms. The van der Waals surface area contributed by atoms with E-state index in [1.165, 1.54) is 0 Å². The van der Waals surface area contributed by atoms with Crippen LogP contribution in [0.15, 0.2) is 24.3 Å². The van der Waals surface area contributed by atoms with Gasteiger partial charge in [-0.3, -0.25) is 4.68 Å². The summed E-state index contributed by atoms with van der Waals surface area (Å²) in [7, 11) is 1.91. The zero-order chi connectivity index (χ0) is 14.0. The molecule has 4 heteroatoms. The first-order valence-corrected chi connectivity index (χ1v) is 6.38. The number of hydrogen-bond acceptors (Lipinski definition) is 3. The van der Waals surface area contributed by atoms with E-state index in [2.05, 4.69) is 5.10 Å². The van der Waals surface area contributed by atoms with Crippen LogP contribution in [0.1, 0.15) is 35.5 Å². The Morgan fingerprint density at radius 1 is 1.32 bits per heavy atom. The summed E-state index contributed by atoms with van der Waals surface area (Å²) in [5.74, 6) is 0.836. The smallest absolute Gasteiger partial charge is 0.130 e. The van der Waals surface area contributed by atoms with Gasteiger partial charge in [0, 0.05) is 7.05 Å². The van der Waals surface area contributed by atoms with Crippen LogP contribution in [-0.2, 0) is 13.7 Å². The number of hydrogen-bond donors (Lipinski definition) is 1. The van der Waals surface area contributed by atoms with E-state index >= 15 is 0 Å². The third-order valence-electron chi connectivity index (χ3n) is 3.16. The fourth-order valence-electron chi connectivity index (χ4n) is 2.05. The van der Waals surface area contributed by atoms with Crippen molar-refractivity contribution >= 4 is 0 Å². The van der Waals surface area contributed by atoms with Crippen LogP contribution in [-0.4, -0.2) is 14.9 Å². The van der Waals surface area contributed by atoms with Crippen molar-refractivity contribution in [2.45, 2.75) is 33.5 Å². The summed E-state index contributed by atoms with van der Waals surface area (Å²) in [6.07, 6.45) is -0.451. The van der Waals surface area contributed by atoms with Crippen LogP contribution in [0.25, 0.3) is 0 Å². The van der Waals surface area contributed by atoms with Gasteiger partial charge in [-0.25, -0.2) is 0 Å². The van der Waals surface area contributed by atoms with Gasteiger partial charge in [0.25, 0.3) is 0 Å². The van der Waals surface area contributed by atoms with Gasteiger partial charge in [0.15, 0.2) is 0 Å². The zero-order valence-corrected chi connectivity index (χ0v) is 11.8. The number of nitrogens with zero attached hydrogens (tertiary/aromatic N) is 2. The molecule has 0 spiro atoms. The SMILES string of the molecule is Cc1cc(COc2ccc(C(C)O)cc2C)n(C)n1.